The Labute approximate surface area is 83.0 Å². The Morgan fingerprint density at radius 2 is 2.64 bits per heavy atom. The van der Waals surface area contributed by atoms with Gasteiger partial charge in [-0.15, -0.1) is 6.58 Å². The van der Waals surface area contributed by atoms with Crippen LogP contribution in [0.2, 0.25) is 0 Å². The quantitative estimate of drug-likeness (QED) is 0.663. The SMILES string of the molecule is C=CCN=C1CC(C)(C(=O)O)C=CN1. The van der Waals surface area contributed by atoms with Crippen molar-refractivity contribution in [2.24, 2.45) is 10.4 Å². The molecule has 1 unspecified atom stereocenters. The second-order valence-corrected chi connectivity index (χ2v) is 3.45. The number of carboxylic acid groups (broad SMARTS) is 1. The number of rotatable bonds is 3. The lowest BCUT2D eigenvalue weighted by molar-refractivity contribution is -0.144. The summed E-state index contributed by atoms with van der Waals surface area (Å²) in [5.41, 5.74) is -0.842. The molecule has 4 nitrogen and oxygen atoms in total. The zero-order valence-electron chi connectivity index (χ0n) is 8.16. The summed E-state index contributed by atoms with van der Waals surface area (Å²) in [5, 5.41) is 11.9. The smallest absolute Gasteiger partial charge is 0.313 e. The Morgan fingerprint density at radius 1 is 1.93 bits per heavy atom. The Hall–Kier alpha value is -1.58. The normalized spacial score (nSPS) is 28.5. The highest BCUT2D eigenvalue weighted by molar-refractivity contribution is 5.91. The highest BCUT2D eigenvalue weighted by Crippen LogP contribution is 2.26. The maximum atomic E-state index is 10.9. The number of carboxylic acids is 1. The van der Waals surface area contributed by atoms with Crippen molar-refractivity contribution < 1.29 is 9.90 Å². The average molecular weight is 194 g/mol. The highest BCUT2D eigenvalue weighted by atomic mass is 16.4. The molecule has 0 amide bonds. The number of aliphatic carboxylic acids is 1. The van der Waals surface area contributed by atoms with E-state index < -0.39 is 11.4 Å². The molecule has 4 heteroatoms. The molecule has 2 N–H and O–H groups in total. The predicted octanol–water partition coefficient (Wildman–Crippen LogP) is 1.17. The fourth-order valence-electron chi connectivity index (χ4n) is 1.20. The van der Waals surface area contributed by atoms with Gasteiger partial charge in [0.1, 0.15) is 5.84 Å². The van der Waals surface area contributed by atoms with Crippen LogP contribution in [0.25, 0.3) is 0 Å². The number of hydrogen-bond acceptors (Lipinski definition) is 2. The van der Waals surface area contributed by atoms with Gasteiger partial charge in [0.15, 0.2) is 0 Å². The lowest BCUT2D eigenvalue weighted by Crippen LogP contribution is -2.36. The number of hydrogen-bond donors (Lipinski definition) is 2. The van der Waals surface area contributed by atoms with Crippen LogP contribution in [0.1, 0.15) is 13.3 Å². The molecule has 1 atom stereocenters. The molecule has 1 rings (SSSR count). The summed E-state index contributed by atoms with van der Waals surface area (Å²) in [6, 6.07) is 0. The van der Waals surface area contributed by atoms with E-state index in [0.717, 1.165) is 0 Å². The maximum absolute atomic E-state index is 10.9. The number of amidine groups is 1. The lowest BCUT2D eigenvalue weighted by Gasteiger charge is -2.25. The maximum Gasteiger partial charge on any atom is 0.313 e. The first-order valence-corrected chi connectivity index (χ1v) is 4.40. The van der Waals surface area contributed by atoms with E-state index in [4.69, 9.17) is 5.11 Å². The van der Waals surface area contributed by atoms with Crippen LogP contribution in [0.15, 0.2) is 29.9 Å². The third-order valence-electron chi connectivity index (χ3n) is 2.14. The number of aliphatic imine (C=N–C) groups is 1. The first-order valence-electron chi connectivity index (χ1n) is 4.40. The third kappa shape index (κ3) is 2.22. The van der Waals surface area contributed by atoms with E-state index in [1.807, 2.05) is 0 Å². The van der Waals surface area contributed by atoms with E-state index in [-0.39, 0.29) is 0 Å². The zero-order valence-corrected chi connectivity index (χ0v) is 8.16. The van der Waals surface area contributed by atoms with Gasteiger partial charge in [-0.1, -0.05) is 12.2 Å². The monoisotopic (exact) mass is 194 g/mol. The van der Waals surface area contributed by atoms with Gasteiger partial charge in [-0.2, -0.15) is 0 Å². The van der Waals surface area contributed by atoms with E-state index in [9.17, 15) is 4.79 Å². The minimum atomic E-state index is -0.842. The molecule has 0 saturated heterocycles. The summed E-state index contributed by atoms with van der Waals surface area (Å²) >= 11 is 0. The standard InChI is InChI=1S/C10H14N2O2/c1-3-5-11-8-7-10(2,9(13)14)4-6-12-8/h3-4,6H,1,5,7H2,2H3,(H,11,12)(H,13,14). The Balaban J connectivity index is 2.78. The highest BCUT2D eigenvalue weighted by Gasteiger charge is 2.33. The van der Waals surface area contributed by atoms with Crippen molar-refractivity contribution in [3.05, 3.63) is 24.9 Å². The van der Waals surface area contributed by atoms with E-state index in [1.54, 1.807) is 25.3 Å². The molecule has 0 aromatic carbocycles. The van der Waals surface area contributed by atoms with Crippen LogP contribution in [0.4, 0.5) is 0 Å². The summed E-state index contributed by atoms with van der Waals surface area (Å²) in [6.45, 7) is 5.73. The van der Waals surface area contributed by atoms with Crippen molar-refractivity contribution in [2.45, 2.75) is 13.3 Å². The summed E-state index contributed by atoms with van der Waals surface area (Å²) in [7, 11) is 0. The topological polar surface area (TPSA) is 61.7 Å². The number of nitrogens with one attached hydrogen (secondary N) is 1. The van der Waals surface area contributed by atoms with Gasteiger partial charge in [0, 0.05) is 6.42 Å². The van der Waals surface area contributed by atoms with Gasteiger partial charge >= 0.3 is 5.97 Å². The third-order valence-corrected chi connectivity index (χ3v) is 2.14. The average Bonchev–Trinajstić information content (AvgIpc) is 2.15. The van der Waals surface area contributed by atoms with Crippen LogP contribution in [0.3, 0.4) is 0 Å². The molecule has 1 aliphatic rings. The van der Waals surface area contributed by atoms with Gasteiger partial charge in [0.2, 0.25) is 0 Å². The van der Waals surface area contributed by atoms with Crippen LogP contribution < -0.4 is 5.32 Å². The largest absolute Gasteiger partial charge is 0.481 e. The van der Waals surface area contributed by atoms with Crippen molar-refractivity contribution in [1.82, 2.24) is 5.32 Å². The minimum absolute atomic E-state index is 0.396. The molecule has 0 spiro atoms. The van der Waals surface area contributed by atoms with Crippen molar-refractivity contribution >= 4 is 11.8 Å². The molecule has 0 saturated carbocycles. The van der Waals surface area contributed by atoms with E-state index in [1.165, 1.54) is 0 Å². The Kier molecular flexibility index (Phi) is 3.06. The minimum Gasteiger partial charge on any atom is -0.481 e. The second-order valence-electron chi connectivity index (χ2n) is 3.45. The first kappa shape index (κ1) is 10.5. The molecule has 14 heavy (non-hydrogen) atoms. The molecule has 1 aliphatic heterocycles. The lowest BCUT2D eigenvalue weighted by atomic mass is 9.85. The van der Waals surface area contributed by atoms with Crippen molar-refractivity contribution in [3.63, 3.8) is 0 Å². The predicted molar refractivity (Wildman–Crippen MR) is 55.1 cm³/mol. The van der Waals surface area contributed by atoms with E-state index >= 15 is 0 Å². The number of nitrogens with zero attached hydrogens (tertiary/aromatic N) is 1. The fourth-order valence-corrected chi connectivity index (χ4v) is 1.20. The molecule has 0 fully saturated rings. The van der Waals surface area contributed by atoms with Crippen molar-refractivity contribution in [1.29, 1.82) is 0 Å². The fraction of sp³-hybridized carbons (Fsp3) is 0.400. The first-order chi connectivity index (χ1) is 6.58. The molecule has 0 bridgehead atoms. The van der Waals surface area contributed by atoms with Crippen molar-refractivity contribution in [3.8, 4) is 0 Å². The van der Waals surface area contributed by atoms with Gasteiger partial charge in [-0.25, -0.2) is 0 Å². The van der Waals surface area contributed by atoms with Crippen LogP contribution in [-0.4, -0.2) is 23.5 Å². The molecule has 76 valence electrons. The van der Waals surface area contributed by atoms with E-state index in [0.29, 0.717) is 18.8 Å². The van der Waals surface area contributed by atoms with Crippen LogP contribution in [0.5, 0.6) is 0 Å². The van der Waals surface area contributed by atoms with Crippen LogP contribution in [0, 0.1) is 5.41 Å². The van der Waals surface area contributed by atoms with Gasteiger partial charge in [-0.05, 0) is 13.1 Å². The van der Waals surface area contributed by atoms with E-state index in [2.05, 4.69) is 16.9 Å². The van der Waals surface area contributed by atoms with Gasteiger partial charge in [0.05, 0.1) is 12.0 Å². The molecular weight excluding hydrogens is 180 g/mol. The molecule has 0 aliphatic carbocycles. The summed E-state index contributed by atoms with van der Waals surface area (Å²) in [6.07, 6.45) is 5.33. The molecule has 0 aromatic heterocycles. The molecule has 0 radical (unpaired) electrons. The summed E-state index contributed by atoms with van der Waals surface area (Å²) in [5.74, 6) is -0.140. The molecule has 0 aromatic rings. The van der Waals surface area contributed by atoms with Crippen LogP contribution >= 0.6 is 0 Å². The van der Waals surface area contributed by atoms with Crippen LogP contribution in [-0.2, 0) is 4.79 Å². The molecule has 1 heterocycles. The van der Waals surface area contributed by atoms with Crippen molar-refractivity contribution in [2.75, 3.05) is 6.54 Å². The summed E-state index contributed by atoms with van der Waals surface area (Å²) < 4.78 is 0. The Bertz CT molecular complexity index is 307. The van der Waals surface area contributed by atoms with Gasteiger partial charge in [-0.3, -0.25) is 9.79 Å². The van der Waals surface area contributed by atoms with Gasteiger partial charge in [0.25, 0.3) is 0 Å². The summed E-state index contributed by atoms with van der Waals surface area (Å²) in [4.78, 5) is 15.1. The zero-order chi connectivity index (χ0) is 10.6. The second kappa shape index (κ2) is 4.09. The van der Waals surface area contributed by atoms with Gasteiger partial charge < -0.3 is 10.4 Å². The Morgan fingerprint density at radius 3 is 3.21 bits per heavy atom. The molecular formula is C10H14N2O2. The number of carbonyl (C=O) groups is 1.